The van der Waals surface area contributed by atoms with Crippen molar-refractivity contribution in [2.24, 2.45) is 0 Å². The highest BCUT2D eigenvalue weighted by atomic mass is 19.1. The van der Waals surface area contributed by atoms with Crippen LogP contribution in [0.15, 0.2) is 42.5 Å². The van der Waals surface area contributed by atoms with Crippen LogP contribution in [0.4, 0.5) is 4.39 Å². The van der Waals surface area contributed by atoms with Crippen molar-refractivity contribution in [1.29, 1.82) is 0 Å². The normalized spacial score (nSPS) is 19.0. The summed E-state index contributed by atoms with van der Waals surface area (Å²) in [5.74, 6) is -1.19. The Hall–Kier alpha value is -2.89. The zero-order chi connectivity index (χ0) is 18.8. The van der Waals surface area contributed by atoms with Crippen molar-refractivity contribution in [3.63, 3.8) is 0 Å². The zero-order valence-electron chi connectivity index (χ0n) is 14.6. The predicted molar refractivity (Wildman–Crippen MR) is 93.7 cm³/mol. The molecule has 2 aromatic carbocycles. The van der Waals surface area contributed by atoms with Crippen LogP contribution >= 0.6 is 0 Å². The Balaban J connectivity index is 1.86. The molecule has 0 saturated carbocycles. The molecule has 26 heavy (non-hydrogen) atoms. The van der Waals surface area contributed by atoms with Crippen LogP contribution in [0.1, 0.15) is 41.4 Å². The van der Waals surface area contributed by atoms with Crippen LogP contribution in [0.5, 0.6) is 5.75 Å². The van der Waals surface area contributed by atoms with Crippen LogP contribution < -0.4 is 4.74 Å². The number of carbonyl (C=O) groups is 2. The Morgan fingerprint density at radius 2 is 2.00 bits per heavy atom. The van der Waals surface area contributed by atoms with E-state index in [4.69, 9.17) is 9.84 Å². The maximum Gasteiger partial charge on any atom is 0.341 e. The van der Waals surface area contributed by atoms with Crippen molar-refractivity contribution in [3.05, 3.63) is 65.0 Å². The molecule has 2 aromatic rings. The molecular formula is C20H20FNO4. The average Bonchev–Trinajstić information content (AvgIpc) is 2.59. The summed E-state index contributed by atoms with van der Waals surface area (Å²) in [6, 6.07) is 10.9. The minimum absolute atomic E-state index is 0.0876. The highest BCUT2D eigenvalue weighted by molar-refractivity contribution is 5.95. The van der Waals surface area contributed by atoms with E-state index in [9.17, 15) is 14.0 Å². The number of rotatable bonds is 4. The van der Waals surface area contributed by atoms with E-state index in [0.29, 0.717) is 17.7 Å². The summed E-state index contributed by atoms with van der Waals surface area (Å²) in [4.78, 5) is 25.5. The van der Waals surface area contributed by atoms with Crippen molar-refractivity contribution in [1.82, 2.24) is 4.90 Å². The third kappa shape index (κ3) is 3.54. The highest BCUT2D eigenvalue weighted by Crippen LogP contribution is 2.34. The lowest BCUT2D eigenvalue weighted by Gasteiger charge is -2.40. The molecule has 0 aromatic heterocycles. The van der Waals surface area contributed by atoms with Gasteiger partial charge in [-0.3, -0.25) is 4.79 Å². The first-order chi connectivity index (χ1) is 12.4. The van der Waals surface area contributed by atoms with Gasteiger partial charge in [-0.25, -0.2) is 9.18 Å². The van der Waals surface area contributed by atoms with E-state index in [1.807, 2.05) is 13.8 Å². The van der Waals surface area contributed by atoms with Crippen LogP contribution in [0, 0.1) is 5.82 Å². The number of aliphatic carboxylic acids is 1. The predicted octanol–water partition coefficient (Wildman–Crippen LogP) is 3.44. The standard InChI is InChI=1S/C20H20FNO4/c1-12-8-15-9-16(21)6-7-18(15)13(2)22(12)20(25)14-4-3-5-17(10-14)26-11-19(23)24/h3-7,9-10,12-13H,8,11H2,1-2H3,(H,23,24). The van der Waals surface area contributed by atoms with Gasteiger partial charge in [0, 0.05) is 11.6 Å². The number of amides is 1. The van der Waals surface area contributed by atoms with Crippen molar-refractivity contribution in [2.45, 2.75) is 32.4 Å². The summed E-state index contributed by atoms with van der Waals surface area (Å²) in [6.07, 6.45) is 0.582. The van der Waals surface area contributed by atoms with Gasteiger partial charge in [0.1, 0.15) is 11.6 Å². The number of carboxylic acids is 1. The minimum atomic E-state index is -1.08. The van der Waals surface area contributed by atoms with Gasteiger partial charge >= 0.3 is 5.97 Å². The first kappa shape index (κ1) is 17.9. The summed E-state index contributed by atoms with van der Waals surface area (Å²) in [7, 11) is 0. The minimum Gasteiger partial charge on any atom is -0.482 e. The van der Waals surface area contributed by atoms with Crippen molar-refractivity contribution < 1.29 is 23.8 Å². The monoisotopic (exact) mass is 357 g/mol. The molecule has 0 bridgehead atoms. The van der Waals surface area contributed by atoms with Gasteiger partial charge in [0.15, 0.2) is 6.61 Å². The molecule has 1 aliphatic heterocycles. The number of carboxylic acid groups (broad SMARTS) is 1. The highest BCUT2D eigenvalue weighted by Gasteiger charge is 2.33. The molecule has 0 spiro atoms. The molecule has 6 heteroatoms. The fourth-order valence-electron chi connectivity index (χ4n) is 3.50. The molecule has 1 amide bonds. The van der Waals surface area contributed by atoms with Gasteiger partial charge in [0.25, 0.3) is 5.91 Å². The van der Waals surface area contributed by atoms with Gasteiger partial charge < -0.3 is 14.7 Å². The summed E-state index contributed by atoms with van der Waals surface area (Å²) in [5.41, 5.74) is 2.29. The average molecular weight is 357 g/mol. The Morgan fingerprint density at radius 1 is 1.23 bits per heavy atom. The van der Waals surface area contributed by atoms with Crippen molar-refractivity contribution in [2.75, 3.05) is 6.61 Å². The van der Waals surface area contributed by atoms with E-state index >= 15 is 0 Å². The number of ether oxygens (including phenoxy) is 1. The van der Waals surface area contributed by atoms with E-state index in [0.717, 1.165) is 11.1 Å². The van der Waals surface area contributed by atoms with Crippen LogP contribution in [0.25, 0.3) is 0 Å². The molecule has 2 atom stereocenters. The van der Waals surface area contributed by atoms with Gasteiger partial charge in [-0.2, -0.15) is 0 Å². The molecule has 3 rings (SSSR count). The van der Waals surface area contributed by atoms with Gasteiger partial charge in [-0.15, -0.1) is 0 Å². The molecule has 0 saturated heterocycles. The number of benzene rings is 2. The second-order valence-corrected chi connectivity index (χ2v) is 6.49. The van der Waals surface area contributed by atoms with Gasteiger partial charge in [0.2, 0.25) is 0 Å². The second-order valence-electron chi connectivity index (χ2n) is 6.49. The smallest absolute Gasteiger partial charge is 0.341 e. The van der Waals surface area contributed by atoms with Crippen molar-refractivity contribution >= 4 is 11.9 Å². The van der Waals surface area contributed by atoms with E-state index in [1.54, 1.807) is 35.2 Å². The van der Waals surface area contributed by atoms with Gasteiger partial charge in [-0.05, 0) is 61.7 Å². The molecule has 5 nitrogen and oxygen atoms in total. The fraction of sp³-hybridized carbons (Fsp3) is 0.300. The molecular weight excluding hydrogens is 337 g/mol. The molecule has 0 aliphatic carbocycles. The largest absolute Gasteiger partial charge is 0.482 e. The number of carbonyl (C=O) groups excluding carboxylic acids is 1. The Bertz CT molecular complexity index is 851. The molecule has 1 heterocycles. The summed E-state index contributed by atoms with van der Waals surface area (Å²) < 4.78 is 18.7. The van der Waals surface area contributed by atoms with Gasteiger partial charge in [-0.1, -0.05) is 12.1 Å². The Labute approximate surface area is 151 Å². The third-order valence-electron chi connectivity index (χ3n) is 4.64. The number of hydrogen-bond donors (Lipinski definition) is 1. The molecule has 2 unspecified atom stereocenters. The van der Waals surface area contributed by atoms with Crippen LogP contribution in [0.2, 0.25) is 0 Å². The molecule has 1 N–H and O–H groups in total. The lowest BCUT2D eigenvalue weighted by Crippen LogP contribution is -2.45. The van der Waals surface area contributed by atoms with Crippen LogP contribution in [0.3, 0.4) is 0 Å². The maximum atomic E-state index is 13.5. The molecule has 0 fully saturated rings. The summed E-state index contributed by atoms with van der Waals surface area (Å²) in [6.45, 7) is 3.40. The number of fused-ring (bicyclic) bond motifs is 1. The lowest BCUT2D eigenvalue weighted by molar-refractivity contribution is -0.139. The SMILES string of the molecule is CC1Cc2cc(F)ccc2C(C)N1C(=O)c1cccc(OCC(=O)O)c1. The van der Waals surface area contributed by atoms with E-state index < -0.39 is 12.6 Å². The Kier molecular flexibility index (Phi) is 4.93. The maximum absolute atomic E-state index is 13.5. The van der Waals surface area contributed by atoms with E-state index in [-0.39, 0.29) is 23.8 Å². The van der Waals surface area contributed by atoms with Crippen LogP contribution in [-0.4, -0.2) is 34.5 Å². The second kappa shape index (κ2) is 7.15. The topological polar surface area (TPSA) is 66.8 Å². The first-order valence-electron chi connectivity index (χ1n) is 8.42. The quantitative estimate of drug-likeness (QED) is 0.910. The molecule has 1 aliphatic rings. The zero-order valence-corrected chi connectivity index (χ0v) is 14.6. The number of halogens is 1. The van der Waals surface area contributed by atoms with Crippen LogP contribution in [-0.2, 0) is 11.2 Å². The van der Waals surface area contributed by atoms with E-state index in [2.05, 4.69) is 0 Å². The fourth-order valence-corrected chi connectivity index (χ4v) is 3.50. The lowest BCUT2D eigenvalue weighted by atomic mass is 9.89. The number of hydrogen-bond acceptors (Lipinski definition) is 3. The van der Waals surface area contributed by atoms with Gasteiger partial charge in [0.05, 0.1) is 6.04 Å². The summed E-state index contributed by atoms with van der Waals surface area (Å²) >= 11 is 0. The van der Waals surface area contributed by atoms with Crippen molar-refractivity contribution in [3.8, 4) is 5.75 Å². The molecule has 0 radical (unpaired) electrons. The number of nitrogens with zero attached hydrogens (tertiary/aromatic N) is 1. The first-order valence-corrected chi connectivity index (χ1v) is 8.42. The molecule has 136 valence electrons. The summed E-state index contributed by atoms with van der Waals surface area (Å²) in [5, 5.41) is 8.71. The van der Waals surface area contributed by atoms with E-state index in [1.165, 1.54) is 12.1 Å². The third-order valence-corrected chi connectivity index (χ3v) is 4.64. The Morgan fingerprint density at radius 3 is 2.73 bits per heavy atom.